The van der Waals surface area contributed by atoms with Gasteiger partial charge >= 0.3 is 5.97 Å². The molecule has 7 nitrogen and oxygen atoms in total. The molecule has 4 rings (SSSR count). The Morgan fingerprint density at radius 2 is 1.97 bits per heavy atom. The average molecular weight is 483 g/mol. The molecule has 1 aromatic carbocycles. The topological polar surface area (TPSA) is 92.8 Å². The second-order valence-corrected chi connectivity index (χ2v) is 10.8. The van der Waals surface area contributed by atoms with E-state index in [-0.39, 0.29) is 22.1 Å². The van der Waals surface area contributed by atoms with E-state index in [9.17, 15) is 18.0 Å². The molecule has 0 atom stereocenters. The van der Waals surface area contributed by atoms with Crippen LogP contribution in [0.4, 0.5) is 5.00 Å². The molecule has 1 saturated carbocycles. The zero-order chi connectivity index (χ0) is 22.2. The fourth-order valence-corrected chi connectivity index (χ4v) is 6.43. The van der Waals surface area contributed by atoms with Gasteiger partial charge in [-0.25, -0.2) is 13.2 Å². The second-order valence-electron chi connectivity index (χ2n) is 7.60. The van der Waals surface area contributed by atoms with E-state index in [1.54, 1.807) is 6.92 Å². The van der Waals surface area contributed by atoms with Crippen molar-refractivity contribution in [2.24, 2.45) is 0 Å². The highest BCUT2D eigenvalue weighted by Gasteiger charge is 2.33. The first-order valence-corrected chi connectivity index (χ1v) is 12.9. The van der Waals surface area contributed by atoms with E-state index in [0.29, 0.717) is 29.6 Å². The number of rotatable bonds is 7. The number of nitrogens with zero attached hydrogens (tertiary/aromatic N) is 1. The number of carbonyl (C=O) groups is 2. The third kappa shape index (κ3) is 4.50. The lowest BCUT2D eigenvalue weighted by Gasteiger charge is -2.16. The molecule has 2 heterocycles. The summed E-state index contributed by atoms with van der Waals surface area (Å²) in [6, 6.07) is 4.12. The van der Waals surface area contributed by atoms with Crippen molar-refractivity contribution in [1.82, 2.24) is 4.31 Å². The maximum Gasteiger partial charge on any atom is 0.341 e. The molecule has 0 bridgehead atoms. The average Bonchev–Trinajstić information content (AvgIpc) is 3.25. The van der Waals surface area contributed by atoms with Crippen LogP contribution < -0.4 is 5.32 Å². The number of benzene rings is 1. The number of thiophene rings is 1. The van der Waals surface area contributed by atoms with Crippen molar-refractivity contribution < 1.29 is 22.7 Å². The van der Waals surface area contributed by atoms with Crippen LogP contribution in [-0.2, 0) is 14.8 Å². The van der Waals surface area contributed by atoms with E-state index in [2.05, 4.69) is 5.32 Å². The zero-order valence-corrected chi connectivity index (χ0v) is 19.4. The Bertz CT molecular complexity index is 1120. The quantitative estimate of drug-likeness (QED) is 0.587. The highest BCUT2D eigenvalue weighted by Crippen LogP contribution is 2.46. The Kier molecular flexibility index (Phi) is 6.39. The molecule has 1 aliphatic heterocycles. The number of halogens is 1. The van der Waals surface area contributed by atoms with Crippen molar-refractivity contribution >= 4 is 49.8 Å². The minimum absolute atomic E-state index is 0.0272. The van der Waals surface area contributed by atoms with Crippen LogP contribution in [0, 0.1) is 0 Å². The number of sulfonamides is 1. The van der Waals surface area contributed by atoms with Gasteiger partial charge in [0.2, 0.25) is 10.0 Å². The fourth-order valence-electron chi connectivity index (χ4n) is 3.66. The Morgan fingerprint density at radius 1 is 1.26 bits per heavy atom. The zero-order valence-electron chi connectivity index (χ0n) is 17.0. The normalized spacial score (nSPS) is 17.0. The Morgan fingerprint density at radius 3 is 2.61 bits per heavy atom. The maximum atomic E-state index is 13.0. The number of anilines is 1. The highest BCUT2D eigenvalue weighted by atomic mass is 35.5. The summed E-state index contributed by atoms with van der Waals surface area (Å²) < 4.78 is 32.3. The van der Waals surface area contributed by atoms with Crippen LogP contribution in [0.1, 0.15) is 64.8 Å². The monoisotopic (exact) mass is 482 g/mol. The SMILES string of the molecule is CCOC(=O)c1c(C2CC2)csc1NC(=O)c1cc(S(=O)(=O)N2CCCC2)ccc1Cl. The van der Waals surface area contributed by atoms with Crippen LogP contribution in [-0.4, -0.2) is 44.3 Å². The van der Waals surface area contributed by atoms with Crippen molar-refractivity contribution in [2.45, 2.75) is 43.4 Å². The molecular weight excluding hydrogens is 460 g/mol. The lowest BCUT2D eigenvalue weighted by molar-refractivity contribution is 0.0527. The Hall–Kier alpha value is -1.94. The van der Waals surface area contributed by atoms with Crippen molar-refractivity contribution in [1.29, 1.82) is 0 Å². The summed E-state index contributed by atoms with van der Waals surface area (Å²) >= 11 is 7.48. The lowest BCUT2D eigenvalue weighted by atomic mass is 10.1. The van der Waals surface area contributed by atoms with Gasteiger partial charge in [-0.1, -0.05) is 11.6 Å². The number of amides is 1. The summed E-state index contributed by atoms with van der Waals surface area (Å²) in [6.45, 7) is 2.89. The summed E-state index contributed by atoms with van der Waals surface area (Å²) in [5.74, 6) is -0.741. The van der Waals surface area contributed by atoms with Gasteiger partial charge in [-0.3, -0.25) is 4.79 Å². The molecule has 2 aliphatic rings. The third-order valence-electron chi connectivity index (χ3n) is 5.43. The van der Waals surface area contributed by atoms with E-state index in [0.717, 1.165) is 31.2 Å². The molecule has 1 amide bonds. The van der Waals surface area contributed by atoms with E-state index in [1.165, 1.54) is 33.8 Å². The largest absolute Gasteiger partial charge is 0.462 e. The van der Waals surface area contributed by atoms with Gasteiger partial charge in [-0.05, 0) is 67.7 Å². The van der Waals surface area contributed by atoms with Crippen molar-refractivity contribution in [3.63, 3.8) is 0 Å². The maximum absolute atomic E-state index is 13.0. The van der Waals surface area contributed by atoms with Crippen LogP contribution in [0.25, 0.3) is 0 Å². The fraction of sp³-hybridized carbons (Fsp3) is 0.429. The molecule has 1 aromatic heterocycles. The van der Waals surface area contributed by atoms with Gasteiger partial charge in [-0.15, -0.1) is 11.3 Å². The Balaban J connectivity index is 1.63. The van der Waals surface area contributed by atoms with Crippen LogP contribution in [0.5, 0.6) is 0 Å². The molecule has 2 aromatic rings. The molecule has 1 N–H and O–H groups in total. The van der Waals surface area contributed by atoms with E-state index >= 15 is 0 Å². The number of carbonyl (C=O) groups excluding carboxylic acids is 2. The van der Waals surface area contributed by atoms with Crippen LogP contribution in [0.15, 0.2) is 28.5 Å². The number of esters is 1. The summed E-state index contributed by atoms with van der Waals surface area (Å²) in [7, 11) is -3.69. The first-order valence-electron chi connectivity index (χ1n) is 10.2. The highest BCUT2D eigenvalue weighted by molar-refractivity contribution is 7.89. The molecule has 0 unspecified atom stereocenters. The van der Waals surface area contributed by atoms with Crippen LogP contribution in [0.3, 0.4) is 0 Å². The second kappa shape index (κ2) is 8.90. The van der Waals surface area contributed by atoms with E-state index in [1.807, 2.05) is 5.38 Å². The molecule has 31 heavy (non-hydrogen) atoms. The smallest absolute Gasteiger partial charge is 0.341 e. The minimum atomic E-state index is -3.69. The molecule has 1 saturated heterocycles. The van der Waals surface area contributed by atoms with Crippen molar-refractivity contribution in [2.75, 3.05) is 25.0 Å². The predicted molar refractivity (Wildman–Crippen MR) is 120 cm³/mol. The van der Waals surface area contributed by atoms with Crippen LogP contribution >= 0.6 is 22.9 Å². The molecule has 2 fully saturated rings. The third-order valence-corrected chi connectivity index (χ3v) is 8.57. The van der Waals surface area contributed by atoms with Crippen molar-refractivity contribution in [3.05, 3.63) is 45.3 Å². The first-order chi connectivity index (χ1) is 14.8. The summed E-state index contributed by atoms with van der Waals surface area (Å²) in [5.41, 5.74) is 1.30. The molecule has 1 aliphatic carbocycles. The molecule has 10 heteroatoms. The lowest BCUT2D eigenvalue weighted by Crippen LogP contribution is -2.28. The van der Waals surface area contributed by atoms with Gasteiger partial charge < -0.3 is 10.1 Å². The minimum Gasteiger partial charge on any atom is -0.462 e. The van der Waals surface area contributed by atoms with E-state index in [4.69, 9.17) is 16.3 Å². The summed E-state index contributed by atoms with van der Waals surface area (Å²) in [6.07, 6.45) is 3.63. The van der Waals surface area contributed by atoms with Crippen LogP contribution in [0.2, 0.25) is 5.02 Å². The van der Waals surface area contributed by atoms with E-state index < -0.39 is 21.9 Å². The molecular formula is C21H23ClN2O5S2. The molecule has 166 valence electrons. The van der Waals surface area contributed by atoms with Gasteiger partial charge in [0.25, 0.3) is 5.91 Å². The van der Waals surface area contributed by atoms with Gasteiger partial charge in [0.05, 0.1) is 27.7 Å². The first kappa shape index (κ1) is 22.3. The number of nitrogens with one attached hydrogen (secondary N) is 1. The number of hydrogen-bond donors (Lipinski definition) is 1. The van der Waals surface area contributed by atoms with Gasteiger partial charge in [0, 0.05) is 13.1 Å². The predicted octanol–water partition coefficient (Wildman–Crippen LogP) is 4.49. The van der Waals surface area contributed by atoms with Gasteiger partial charge in [0.15, 0.2) is 0 Å². The molecule has 0 radical (unpaired) electrons. The molecule has 0 spiro atoms. The van der Waals surface area contributed by atoms with Gasteiger partial charge in [0.1, 0.15) is 5.00 Å². The van der Waals surface area contributed by atoms with Crippen molar-refractivity contribution in [3.8, 4) is 0 Å². The van der Waals surface area contributed by atoms with Gasteiger partial charge in [-0.2, -0.15) is 4.31 Å². The summed E-state index contributed by atoms with van der Waals surface area (Å²) in [5, 5.41) is 5.13. The Labute approximate surface area is 190 Å². The summed E-state index contributed by atoms with van der Waals surface area (Å²) in [4.78, 5) is 25.6. The standard InChI is InChI=1S/C21H23ClN2O5S2/c1-2-29-21(26)18-16(13-5-6-13)12-30-20(18)23-19(25)15-11-14(7-8-17(15)22)31(27,28)24-9-3-4-10-24/h7-8,11-13H,2-6,9-10H2,1H3,(H,23,25). The number of ether oxygens (including phenoxy) is 1. The number of hydrogen-bond acceptors (Lipinski definition) is 6.